The fourth-order valence-corrected chi connectivity index (χ4v) is 1.68. The van der Waals surface area contributed by atoms with Gasteiger partial charge >= 0.3 is 0 Å². The van der Waals surface area contributed by atoms with E-state index in [1.807, 2.05) is 19.1 Å². The molecule has 1 heteroatoms. The number of allylic oxidation sites excluding steroid dienone is 1. The van der Waals surface area contributed by atoms with Crippen molar-refractivity contribution < 1.29 is 5.11 Å². The molecule has 1 N–H and O–H groups in total. The topological polar surface area (TPSA) is 20.2 Å². The highest BCUT2D eigenvalue weighted by Crippen LogP contribution is 2.35. The van der Waals surface area contributed by atoms with Crippen molar-refractivity contribution in [2.24, 2.45) is 0 Å². The van der Waals surface area contributed by atoms with Gasteiger partial charge in [-0.2, -0.15) is 0 Å². The second-order valence-corrected chi connectivity index (χ2v) is 4.73. The van der Waals surface area contributed by atoms with E-state index in [9.17, 15) is 5.11 Å². The zero-order valence-corrected chi connectivity index (χ0v) is 9.39. The predicted octanol–water partition coefficient (Wildman–Crippen LogP) is 3.72. The number of rotatable bonds is 1. The van der Waals surface area contributed by atoms with Crippen LogP contribution in [0.1, 0.15) is 38.8 Å². The maximum Gasteiger partial charge on any atom is 0.119 e. The van der Waals surface area contributed by atoms with Crippen LogP contribution < -0.4 is 0 Å². The maximum atomic E-state index is 9.83. The van der Waals surface area contributed by atoms with Gasteiger partial charge in [0.15, 0.2) is 0 Å². The molecule has 0 aliphatic carbocycles. The van der Waals surface area contributed by atoms with Crippen molar-refractivity contribution in [1.82, 2.24) is 0 Å². The van der Waals surface area contributed by atoms with Crippen LogP contribution in [0.5, 0.6) is 5.75 Å². The van der Waals surface area contributed by atoms with E-state index >= 15 is 0 Å². The highest BCUT2D eigenvalue weighted by atomic mass is 16.3. The third kappa shape index (κ3) is 1.98. The van der Waals surface area contributed by atoms with Crippen LogP contribution in [0.4, 0.5) is 0 Å². The molecule has 0 spiro atoms. The van der Waals surface area contributed by atoms with Crippen LogP contribution in [-0.2, 0) is 5.41 Å². The van der Waals surface area contributed by atoms with E-state index in [0.29, 0.717) is 5.75 Å². The first kappa shape index (κ1) is 10.8. The molecule has 0 aliphatic rings. The standard InChI is InChI=1S/C13H18O/c1-9(2)10-7-6-8-11(14)12(10)13(3,4)5/h6-8,14H,1H2,2-5H3. The molecule has 1 nitrogen and oxygen atoms in total. The lowest BCUT2D eigenvalue weighted by Gasteiger charge is -2.24. The molecular formula is C13H18O. The second-order valence-electron chi connectivity index (χ2n) is 4.73. The number of hydrogen-bond acceptors (Lipinski definition) is 1. The van der Waals surface area contributed by atoms with E-state index in [0.717, 1.165) is 16.7 Å². The lowest BCUT2D eigenvalue weighted by atomic mass is 9.81. The largest absolute Gasteiger partial charge is 0.508 e. The zero-order valence-electron chi connectivity index (χ0n) is 9.39. The molecule has 0 atom stereocenters. The summed E-state index contributed by atoms with van der Waals surface area (Å²) in [6.07, 6.45) is 0. The lowest BCUT2D eigenvalue weighted by Crippen LogP contribution is -2.13. The summed E-state index contributed by atoms with van der Waals surface area (Å²) in [5.41, 5.74) is 2.97. The molecule has 14 heavy (non-hydrogen) atoms. The van der Waals surface area contributed by atoms with Gasteiger partial charge in [-0.3, -0.25) is 0 Å². The van der Waals surface area contributed by atoms with Gasteiger partial charge in [0, 0.05) is 5.56 Å². The molecule has 1 aromatic carbocycles. The Labute approximate surface area is 86.1 Å². The van der Waals surface area contributed by atoms with Crippen LogP contribution in [0.25, 0.3) is 5.57 Å². The third-order valence-electron chi connectivity index (χ3n) is 2.25. The number of aromatic hydroxyl groups is 1. The van der Waals surface area contributed by atoms with Crippen LogP contribution in [0.3, 0.4) is 0 Å². The van der Waals surface area contributed by atoms with Crippen molar-refractivity contribution in [2.75, 3.05) is 0 Å². The van der Waals surface area contributed by atoms with Crippen molar-refractivity contribution in [3.63, 3.8) is 0 Å². The molecule has 0 unspecified atom stereocenters. The molecule has 1 rings (SSSR count). The van der Waals surface area contributed by atoms with Crippen molar-refractivity contribution in [1.29, 1.82) is 0 Å². The molecule has 76 valence electrons. The van der Waals surface area contributed by atoms with Crippen molar-refractivity contribution >= 4 is 5.57 Å². The minimum atomic E-state index is -0.0559. The van der Waals surface area contributed by atoms with Gasteiger partial charge in [-0.15, -0.1) is 0 Å². The highest BCUT2D eigenvalue weighted by Gasteiger charge is 2.21. The van der Waals surface area contributed by atoms with Gasteiger partial charge in [-0.25, -0.2) is 0 Å². The summed E-state index contributed by atoms with van der Waals surface area (Å²) in [6, 6.07) is 5.59. The summed E-state index contributed by atoms with van der Waals surface area (Å²) in [5.74, 6) is 0.359. The van der Waals surface area contributed by atoms with Gasteiger partial charge in [0.05, 0.1) is 0 Å². The number of hydrogen-bond donors (Lipinski definition) is 1. The van der Waals surface area contributed by atoms with E-state index in [1.54, 1.807) is 6.07 Å². The molecule has 1 aromatic rings. The Kier molecular flexibility index (Phi) is 2.70. The Bertz CT molecular complexity index is 356. The molecule has 0 bridgehead atoms. The van der Waals surface area contributed by atoms with Crippen LogP contribution in [-0.4, -0.2) is 5.11 Å². The number of benzene rings is 1. The smallest absolute Gasteiger partial charge is 0.119 e. The van der Waals surface area contributed by atoms with E-state index in [1.165, 1.54) is 0 Å². The van der Waals surface area contributed by atoms with Crippen molar-refractivity contribution in [2.45, 2.75) is 33.1 Å². The summed E-state index contributed by atoms with van der Waals surface area (Å²) in [5, 5.41) is 9.83. The maximum absolute atomic E-state index is 9.83. The average molecular weight is 190 g/mol. The van der Waals surface area contributed by atoms with Crippen LogP contribution in [0, 0.1) is 0 Å². The van der Waals surface area contributed by atoms with Crippen LogP contribution in [0.15, 0.2) is 24.8 Å². The average Bonchev–Trinajstić information content (AvgIpc) is 2.01. The van der Waals surface area contributed by atoms with Gasteiger partial charge in [-0.1, -0.05) is 45.1 Å². The lowest BCUT2D eigenvalue weighted by molar-refractivity contribution is 0.446. The molecular weight excluding hydrogens is 172 g/mol. The fourth-order valence-electron chi connectivity index (χ4n) is 1.68. The summed E-state index contributed by atoms with van der Waals surface area (Å²) in [6.45, 7) is 12.2. The molecule has 0 heterocycles. The quantitative estimate of drug-likeness (QED) is 0.715. The number of phenols is 1. The van der Waals surface area contributed by atoms with Gasteiger partial charge in [0.2, 0.25) is 0 Å². The van der Waals surface area contributed by atoms with E-state index < -0.39 is 0 Å². The van der Waals surface area contributed by atoms with Gasteiger partial charge in [0.25, 0.3) is 0 Å². The van der Waals surface area contributed by atoms with Gasteiger partial charge < -0.3 is 5.11 Å². The van der Waals surface area contributed by atoms with Crippen molar-refractivity contribution in [3.05, 3.63) is 35.9 Å². The summed E-state index contributed by atoms with van der Waals surface area (Å²) in [4.78, 5) is 0. The molecule has 0 saturated heterocycles. The monoisotopic (exact) mass is 190 g/mol. The second kappa shape index (κ2) is 3.49. The first-order chi connectivity index (χ1) is 6.34. The van der Waals surface area contributed by atoms with Crippen LogP contribution in [0.2, 0.25) is 0 Å². The SMILES string of the molecule is C=C(C)c1cccc(O)c1C(C)(C)C. The minimum Gasteiger partial charge on any atom is -0.508 e. The van der Waals surface area contributed by atoms with Gasteiger partial charge in [0.1, 0.15) is 5.75 Å². The normalized spacial score (nSPS) is 11.4. The van der Waals surface area contributed by atoms with Crippen molar-refractivity contribution in [3.8, 4) is 5.75 Å². The fraction of sp³-hybridized carbons (Fsp3) is 0.385. The van der Waals surface area contributed by atoms with Gasteiger partial charge in [-0.05, 0) is 24.0 Å². The Morgan fingerprint density at radius 3 is 2.21 bits per heavy atom. The first-order valence-corrected chi connectivity index (χ1v) is 4.82. The zero-order chi connectivity index (χ0) is 10.9. The Balaban J connectivity index is 3.45. The summed E-state index contributed by atoms with van der Waals surface area (Å²) < 4.78 is 0. The predicted molar refractivity (Wildman–Crippen MR) is 61.5 cm³/mol. The highest BCUT2D eigenvalue weighted by molar-refractivity contribution is 5.68. The summed E-state index contributed by atoms with van der Waals surface area (Å²) in [7, 11) is 0. The van der Waals surface area contributed by atoms with E-state index in [2.05, 4.69) is 27.4 Å². The summed E-state index contributed by atoms with van der Waals surface area (Å²) >= 11 is 0. The first-order valence-electron chi connectivity index (χ1n) is 4.82. The molecule has 0 radical (unpaired) electrons. The Hall–Kier alpha value is -1.24. The molecule has 0 amide bonds. The molecule has 0 saturated carbocycles. The third-order valence-corrected chi connectivity index (χ3v) is 2.25. The van der Waals surface area contributed by atoms with Crippen LogP contribution >= 0.6 is 0 Å². The Morgan fingerprint density at radius 2 is 1.86 bits per heavy atom. The number of phenolic OH excluding ortho intramolecular Hbond substituents is 1. The minimum absolute atomic E-state index is 0.0559. The molecule has 0 fully saturated rings. The molecule has 0 aromatic heterocycles. The Morgan fingerprint density at radius 1 is 1.29 bits per heavy atom. The molecule has 0 aliphatic heterocycles. The van der Waals surface area contributed by atoms with E-state index in [-0.39, 0.29) is 5.41 Å². The van der Waals surface area contributed by atoms with E-state index in [4.69, 9.17) is 0 Å².